The van der Waals surface area contributed by atoms with E-state index in [1.54, 1.807) is 14.0 Å². The van der Waals surface area contributed by atoms with E-state index < -0.39 is 0 Å². The fraction of sp³-hybridized carbons (Fsp3) is 0.778. The van der Waals surface area contributed by atoms with Crippen molar-refractivity contribution < 1.29 is 14.6 Å². The molecule has 1 amide bonds. The summed E-state index contributed by atoms with van der Waals surface area (Å²) in [6.45, 7) is 2.98. The Morgan fingerprint density at radius 1 is 1.67 bits per heavy atom. The fourth-order valence-electron chi connectivity index (χ4n) is 1.15. The molecule has 0 aliphatic heterocycles. The highest BCUT2D eigenvalue weighted by Gasteiger charge is 2.17. The van der Waals surface area contributed by atoms with E-state index in [-0.39, 0.29) is 17.8 Å². The molecule has 1 heterocycles. The van der Waals surface area contributed by atoms with Crippen molar-refractivity contribution in [1.29, 1.82) is 0 Å². The van der Waals surface area contributed by atoms with Gasteiger partial charge in [0.1, 0.15) is 0 Å². The van der Waals surface area contributed by atoms with Crippen LogP contribution in [0.25, 0.3) is 0 Å². The van der Waals surface area contributed by atoms with Gasteiger partial charge in [-0.1, -0.05) is 11.8 Å². The minimum absolute atomic E-state index is 0.0486. The molecule has 0 aliphatic rings. The van der Waals surface area contributed by atoms with E-state index >= 15 is 0 Å². The Balaban J connectivity index is 2.45. The van der Waals surface area contributed by atoms with Crippen molar-refractivity contribution in [2.24, 2.45) is 0 Å². The van der Waals surface area contributed by atoms with Crippen molar-refractivity contribution >= 4 is 17.7 Å². The maximum Gasteiger partial charge on any atom is 0.233 e. The largest absolute Gasteiger partial charge is 0.394 e. The summed E-state index contributed by atoms with van der Waals surface area (Å²) < 4.78 is 6.31. The molecule has 1 unspecified atom stereocenters. The predicted octanol–water partition coefficient (Wildman–Crippen LogP) is -1.09. The lowest BCUT2D eigenvalue weighted by atomic mass is 10.4. The third-order valence-corrected chi connectivity index (χ3v) is 3.14. The summed E-state index contributed by atoms with van der Waals surface area (Å²) in [5.74, 6) is -0.101. The average molecular weight is 275 g/mol. The minimum atomic E-state index is -0.315. The van der Waals surface area contributed by atoms with Crippen LogP contribution in [0, 0.1) is 0 Å². The summed E-state index contributed by atoms with van der Waals surface area (Å²) in [7, 11) is 1.58. The van der Waals surface area contributed by atoms with E-state index in [1.807, 2.05) is 0 Å². The van der Waals surface area contributed by atoms with Crippen molar-refractivity contribution in [3.63, 3.8) is 0 Å². The molecule has 2 N–H and O–H groups in total. The number of methoxy groups -OCH3 is 1. The zero-order chi connectivity index (χ0) is 13.4. The van der Waals surface area contributed by atoms with Crippen molar-refractivity contribution in [1.82, 2.24) is 25.5 Å². The number of hydrogen-bond donors (Lipinski definition) is 2. The van der Waals surface area contributed by atoms with Crippen LogP contribution in [0.4, 0.5) is 0 Å². The summed E-state index contributed by atoms with van der Waals surface area (Å²) in [5.41, 5.74) is 0. The summed E-state index contributed by atoms with van der Waals surface area (Å²) in [6, 6.07) is 0. The second kappa shape index (κ2) is 8.01. The predicted molar refractivity (Wildman–Crippen MR) is 65.1 cm³/mol. The van der Waals surface area contributed by atoms with Gasteiger partial charge in [-0.25, -0.2) is 4.68 Å². The first-order valence-corrected chi connectivity index (χ1v) is 6.37. The van der Waals surface area contributed by atoms with Crippen molar-refractivity contribution in [2.75, 3.05) is 26.9 Å². The average Bonchev–Trinajstić information content (AvgIpc) is 2.77. The van der Waals surface area contributed by atoms with Gasteiger partial charge >= 0.3 is 0 Å². The highest BCUT2D eigenvalue weighted by molar-refractivity contribution is 8.00. The van der Waals surface area contributed by atoms with Gasteiger partial charge in [0.25, 0.3) is 0 Å². The lowest BCUT2D eigenvalue weighted by Crippen LogP contribution is -2.33. The molecule has 0 radical (unpaired) electrons. The van der Waals surface area contributed by atoms with Crippen LogP contribution in [-0.4, -0.2) is 63.3 Å². The molecule has 0 aliphatic carbocycles. The Labute approximate surface area is 109 Å². The number of thioether (sulfide) groups is 1. The molecule has 18 heavy (non-hydrogen) atoms. The number of rotatable bonds is 8. The molecule has 0 aromatic carbocycles. The van der Waals surface area contributed by atoms with Crippen LogP contribution in [0.3, 0.4) is 0 Å². The van der Waals surface area contributed by atoms with Crippen LogP contribution >= 0.6 is 11.8 Å². The third-order valence-electron chi connectivity index (χ3n) is 2.07. The van der Waals surface area contributed by atoms with Crippen LogP contribution < -0.4 is 5.32 Å². The number of aromatic nitrogens is 4. The Kier molecular flexibility index (Phi) is 6.61. The van der Waals surface area contributed by atoms with Gasteiger partial charge in [0.05, 0.1) is 25.0 Å². The number of carbonyl (C=O) groups excluding carboxylic acids is 1. The van der Waals surface area contributed by atoms with Crippen molar-refractivity contribution in [3.05, 3.63) is 0 Å². The topological polar surface area (TPSA) is 102 Å². The van der Waals surface area contributed by atoms with Crippen molar-refractivity contribution in [3.8, 4) is 0 Å². The number of ether oxygens (including phenoxy) is 1. The van der Waals surface area contributed by atoms with Gasteiger partial charge in [0.2, 0.25) is 11.1 Å². The number of tetrazole rings is 1. The number of aliphatic hydroxyl groups excluding tert-OH is 1. The number of nitrogens with one attached hydrogen (secondary N) is 1. The Bertz CT molecular complexity index is 373. The normalized spacial score (nSPS) is 12.4. The second-order valence-electron chi connectivity index (χ2n) is 3.45. The van der Waals surface area contributed by atoms with E-state index in [1.165, 1.54) is 16.4 Å². The molecule has 1 atom stereocenters. The fourth-order valence-corrected chi connectivity index (χ4v) is 1.99. The molecule has 8 nitrogen and oxygen atoms in total. The van der Waals surface area contributed by atoms with Gasteiger partial charge in [-0.3, -0.25) is 4.79 Å². The zero-order valence-electron chi connectivity index (χ0n) is 10.4. The number of carbonyl (C=O) groups is 1. The summed E-state index contributed by atoms with van der Waals surface area (Å²) in [6.07, 6.45) is 0. The molecule has 0 bridgehead atoms. The van der Waals surface area contributed by atoms with Crippen LogP contribution in [-0.2, 0) is 16.1 Å². The Morgan fingerprint density at radius 2 is 2.44 bits per heavy atom. The maximum atomic E-state index is 11.7. The minimum Gasteiger partial charge on any atom is -0.394 e. The highest BCUT2D eigenvalue weighted by atomic mass is 32.2. The first-order valence-electron chi connectivity index (χ1n) is 5.49. The van der Waals surface area contributed by atoms with Gasteiger partial charge in [-0.05, 0) is 17.4 Å². The standard InChI is InChI=1S/C9H17N5O3S/c1-7(8(16)10-3-6-17-2)18-9-11-12-13-14(9)4-5-15/h7,15H,3-6H2,1-2H3,(H,10,16). The number of amides is 1. The number of aliphatic hydroxyl groups is 1. The molecular formula is C9H17N5O3S. The van der Waals surface area contributed by atoms with Crippen LogP contribution in [0.15, 0.2) is 5.16 Å². The highest BCUT2D eigenvalue weighted by Crippen LogP contribution is 2.19. The summed E-state index contributed by atoms with van der Waals surface area (Å²) >= 11 is 1.25. The SMILES string of the molecule is COCCNC(=O)C(C)Sc1nnnn1CCO. The Morgan fingerprint density at radius 3 is 3.11 bits per heavy atom. The smallest absolute Gasteiger partial charge is 0.233 e. The Hall–Kier alpha value is -1.19. The number of hydrogen-bond acceptors (Lipinski definition) is 7. The van der Waals surface area contributed by atoms with Gasteiger partial charge < -0.3 is 15.2 Å². The second-order valence-corrected chi connectivity index (χ2v) is 4.76. The van der Waals surface area contributed by atoms with Gasteiger partial charge in [0, 0.05) is 13.7 Å². The summed E-state index contributed by atoms with van der Waals surface area (Å²) in [4.78, 5) is 11.7. The first-order chi connectivity index (χ1) is 8.69. The molecular weight excluding hydrogens is 258 g/mol. The van der Waals surface area contributed by atoms with E-state index in [9.17, 15) is 4.79 Å². The molecule has 1 aromatic rings. The first kappa shape index (κ1) is 14.9. The molecule has 1 aromatic heterocycles. The van der Waals surface area contributed by atoms with Crippen LogP contribution in [0.1, 0.15) is 6.92 Å². The van der Waals surface area contributed by atoms with E-state index in [0.29, 0.717) is 24.9 Å². The monoisotopic (exact) mass is 275 g/mol. The van der Waals surface area contributed by atoms with Crippen LogP contribution in [0.5, 0.6) is 0 Å². The van der Waals surface area contributed by atoms with Gasteiger partial charge in [0.15, 0.2) is 0 Å². The zero-order valence-corrected chi connectivity index (χ0v) is 11.2. The van der Waals surface area contributed by atoms with Crippen LogP contribution in [0.2, 0.25) is 0 Å². The molecule has 0 saturated carbocycles. The van der Waals surface area contributed by atoms with Gasteiger partial charge in [-0.15, -0.1) is 5.10 Å². The van der Waals surface area contributed by atoms with E-state index in [0.717, 1.165) is 0 Å². The lowest BCUT2D eigenvalue weighted by Gasteiger charge is -2.10. The maximum absolute atomic E-state index is 11.7. The quantitative estimate of drug-likeness (QED) is 0.459. The molecule has 0 saturated heterocycles. The van der Waals surface area contributed by atoms with Crippen molar-refractivity contribution in [2.45, 2.75) is 23.9 Å². The summed E-state index contributed by atoms with van der Waals surface area (Å²) in [5, 5.41) is 22.8. The van der Waals surface area contributed by atoms with E-state index in [4.69, 9.17) is 9.84 Å². The van der Waals surface area contributed by atoms with Gasteiger partial charge in [-0.2, -0.15) is 0 Å². The van der Waals surface area contributed by atoms with E-state index in [2.05, 4.69) is 20.8 Å². The molecule has 0 fully saturated rings. The number of nitrogens with zero attached hydrogens (tertiary/aromatic N) is 4. The lowest BCUT2D eigenvalue weighted by molar-refractivity contribution is -0.120. The molecule has 0 spiro atoms. The molecule has 9 heteroatoms. The molecule has 1 rings (SSSR count). The third kappa shape index (κ3) is 4.59. The molecule has 102 valence electrons.